The number of hydrogen-bond acceptors (Lipinski definition) is 2. The molecule has 0 radical (unpaired) electrons. The fourth-order valence-corrected chi connectivity index (χ4v) is 13.1. The van der Waals surface area contributed by atoms with E-state index in [4.69, 9.17) is 0 Å². The molecule has 0 spiro atoms. The molecule has 3 aliphatic carbocycles. The van der Waals surface area contributed by atoms with Crippen molar-refractivity contribution in [3.05, 3.63) is 199 Å². The third-order valence-corrected chi connectivity index (χ3v) is 15.9. The summed E-state index contributed by atoms with van der Waals surface area (Å²) in [4.78, 5) is 0. The van der Waals surface area contributed by atoms with Gasteiger partial charge in [-0.15, -0.1) is 22.7 Å². The Morgan fingerprint density at radius 2 is 0.983 bits per heavy atom. The van der Waals surface area contributed by atoms with E-state index >= 15 is 0 Å². The quantitative estimate of drug-likeness (QED) is 0.157. The van der Waals surface area contributed by atoms with E-state index in [1.54, 1.807) is 0 Å². The van der Waals surface area contributed by atoms with Crippen molar-refractivity contribution >= 4 is 90.1 Å². The summed E-state index contributed by atoms with van der Waals surface area (Å²) in [5, 5.41) is 10.7. The van der Waals surface area contributed by atoms with Crippen LogP contribution in [0.4, 0.5) is 0 Å². The van der Waals surface area contributed by atoms with Crippen LogP contribution in [-0.2, 0) is 5.41 Å². The highest BCUT2D eigenvalue weighted by Crippen LogP contribution is 2.53. The van der Waals surface area contributed by atoms with Crippen LogP contribution in [0.3, 0.4) is 0 Å². The van der Waals surface area contributed by atoms with Crippen molar-refractivity contribution in [3.63, 3.8) is 0 Å². The van der Waals surface area contributed by atoms with Crippen LogP contribution in [0.2, 0.25) is 0 Å². The number of thiophene rings is 2. The van der Waals surface area contributed by atoms with E-state index in [1.807, 2.05) is 22.7 Å². The zero-order valence-corrected chi connectivity index (χ0v) is 34.4. The van der Waals surface area contributed by atoms with Gasteiger partial charge in [-0.05, 0) is 114 Å². The molecule has 2 heteroatoms. The highest BCUT2D eigenvalue weighted by Gasteiger charge is 2.36. The minimum absolute atomic E-state index is 0.133. The smallest absolute Gasteiger partial charge is 0.0362 e. The van der Waals surface area contributed by atoms with Crippen LogP contribution in [0.5, 0.6) is 0 Å². The van der Waals surface area contributed by atoms with Gasteiger partial charge in [-0.3, -0.25) is 0 Å². The van der Waals surface area contributed by atoms with Crippen molar-refractivity contribution in [2.75, 3.05) is 0 Å². The van der Waals surface area contributed by atoms with E-state index in [1.165, 1.54) is 118 Å². The fourth-order valence-electron chi connectivity index (χ4n) is 10.8. The average Bonchev–Trinajstić information content (AvgIpc) is 3.90. The maximum Gasteiger partial charge on any atom is 0.0362 e. The second-order valence-corrected chi connectivity index (χ2v) is 19.3. The van der Waals surface area contributed by atoms with E-state index in [0.29, 0.717) is 11.8 Å². The van der Waals surface area contributed by atoms with Gasteiger partial charge in [0.05, 0.1) is 0 Å². The number of rotatable bonds is 3. The summed E-state index contributed by atoms with van der Waals surface area (Å²) in [6.45, 7) is 4.81. The predicted molar refractivity (Wildman–Crippen MR) is 258 cm³/mol. The Balaban J connectivity index is 0.929. The van der Waals surface area contributed by atoms with Gasteiger partial charge in [0.2, 0.25) is 0 Å². The topological polar surface area (TPSA) is 0 Å². The molecule has 0 aliphatic heterocycles. The lowest BCUT2D eigenvalue weighted by Gasteiger charge is -2.29. The normalized spacial score (nSPS) is 17.7. The fraction of sp³-hybridized carbons (Fsp3) is 0.0877. The van der Waals surface area contributed by atoms with Crippen molar-refractivity contribution in [1.82, 2.24) is 0 Å². The van der Waals surface area contributed by atoms with Crippen molar-refractivity contribution in [3.8, 4) is 33.4 Å². The molecule has 278 valence electrons. The minimum Gasteiger partial charge on any atom is -0.135 e. The van der Waals surface area contributed by atoms with Gasteiger partial charge in [-0.2, -0.15) is 0 Å². The predicted octanol–water partition coefficient (Wildman–Crippen LogP) is 16.7. The molecule has 0 saturated heterocycles. The zero-order chi connectivity index (χ0) is 39.0. The Bertz CT molecular complexity index is 3540. The van der Waals surface area contributed by atoms with E-state index < -0.39 is 0 Å². The second kappa shape index (κ2) is 12.3. The number of allylic oxidation sites excluding steroid dienone is 8. The Hall–Kier alpha value is -6.32. The molecule has 59 heavy (non-hydrogen) atoms. The highest BCUT2D eigenvalue weighted by atomic mass is 32.1. The first kappa shape index (κ1) is 33.6. The lowest BCUT2D eigenvalue weighted by Crippen LogP contribution is -2.15. The maximum atomic E-state index is 2.51. The Morgan fingerprint density at radius 1 is 0.407 bits per heavy atom. The van der Waals surface area contributed by atoms with Gasteiger partial charge in [-0.25, -0.2) is 0 Å². The van der Waals surface area contributed by atoms with Gasteiger partial charge in [0.1, 0.15) is 0 Å². The zero-order valence-electron chi connectivity index (χ0n) is 32.8. The van der Waals surface area contributed by atoms with Gasteiger partial charge >= 0.3 is 0 Å². The molecule has 2 unspecified atom stereocenters. The van der Waals surface area contributed by atoms with Crippen LogP contribution >= 0.6 is 22.7 Å². The number of hydrogen-bond donors (Lipinski definition) is 0. The second-order valence-electron chi connectivity index (χ2n) is 17.1. The SMILES string of the molecule is CC1(C)c2ccc(-c3ccc4c(c3)sc3cc5c(cc34)sc3ccccc35)cc2-c2ccc(-c3c4ccccc4c(C4=CC=CC5C=CC=CC45)c4ccccc34)cc21. The van der Waals surface area contributed by atoms with Crippen molar-refractivity contribution in [1.29, 1.82) is 0 Å². The van der Waals surface area contributed by atoms with Crippen LogP contribution in [-0.4, -0.2) is 0 Å². The van der Waals surface area contributed by atoms with Gasteiger partial charge in [-0.1, -0.05) is 160 Å². The van der Waals surface area contributed by atoms with Crippen molar-refractivity contribution < 1.29 is 0 Å². The molecule has 0 amide bonds. The van der Waals surface area contributed by atoms with E-state index in [0.717, 1.165) is 0 Å². The first-order chi connectivity index (χ1) is 29.0. The molecular formula is C57H38S2. The molecule has 2 atom stereocenters. The molecule has 0 saturated carbocycles. The van der Waals surface area contributed by atoms with E-state index in [-0.39, 0.29) is 5.41 Å². The summed E-state index contributed by atoms with van der Waals surface area (Å²) in [7, 11) is 0. The third kappa shape index (κ3) is 4.82. The minimum atomic E-state index is -0.133. The van der Waals surface area contributed by atoms with Crippen LogP contribution in [0.25, 0.3) is 101 Å². The third-order valence-electron chi connectivity index (χ3n) is 13.6. The van der Waals surface area contributed by atoms with Crippen molar-refractivity contribution in [2.24, 2.45) is 11.8 Å². The summed E-state index contributed by atoms with van der Waals surface area (Å²) in [6, 6.07) is 53.4. The monoisotopic (exact) mass is 786 g/mol. The van der Waals surface area contributed by atoms with Crippen LogP contribution in [0.15, 0.2) is 182 Å². The summed E-state index contributed by atoms with van der Waals surface area (Å²) in [5.74, 6) is 0.716. The van der Waals surface area contributed by atoms with Gasteiger partial charge in [0, 0.05) is 57.6 Å². The van der Waals surface area contributed by atoms with Crippen LogP contribution in [0.1, 0.15) is 30.5 Å². The van der Waals surface area contributed by atoms with Crippen LogP contribution < -0.4 is 0 Å². The Morgan fingerprint density at radius 3 is 1.75 bits per heavy atom. The molecule has 0 N–H and O–H groups in total. The molecule has 0 nitrogen and oxygen atoms in total. The van der Waals surface area contributed by atoms with Gasteiger partial charge in [0.25, 0.3) is 0 Å². The van der Waals surface area contributed by atoms with E-state index in [9.17, 15) is 0 Å². The highest BCUT2D eigenvalue weighted by molar-refractivity contribution is 7.27. The van der Waals surface area contributed by atoms with Gasteiger partial charge in [0.15, 0.2) is 0 Å². The average molecular weight is 787 g/mol. The first-order valence-corrected chi connectivity index (χ1v) is 22.4. The standard InChI is InChI=1S/C57H38S2/c1-57(2)49-27-24-34(35-22-26-40-48-32-53-47(31-54(48)59-52(40)30-35)39-15-9-10-21-51(39)58-53)28-46(49)38-25-23-36(29-50(38)57)55-42-16-5-7-18-44(42)56(45-19-8-6-17-43(45)55)41-20-11-13-33-12-3-4-14-37(33)41/h3-33,37H,1-2H3. The molecule has 0 bridgehead atoms. The molecule has 3 aliphatic rings. The maximum absolute atomic E-state index is 2.51. The van der Waals surface area contributed by atoms with Crippen molar-refractivity contribution in [2.45, 2.75) is 19.3 Å². The molecule has 13 rings (SSSR count). The molecule has 0 fully saturated rings. The largest absolute Gasteiger partial charge is 0.135 e. The molecular weight excluding hydrogens is 749 g/mol. The van der Waals surface area contributed by atoms with E-state index in [2.05, 4.69) is 196 Å². The molecule has 8 aromatic carbocycles. The summed E-state index contributed by atoms with van der Waals surface area (Å²) < 4.78 is 5.43. The molecule has 10 aromatic rings. The van der Waals surface area contributed by atoms with Gasteiger partial charge < -0.3 is 0 Å². The molecule has 2 heterocycles. The Labute approximate surface area is 351 Å². The summed E-state index contributed by atoms with van der Waals surface area (Å²) in [5.41, 5.74) is 13.3. The summed E-state index contributed by atoms with van der Waals surface area (Å²) >= 11 is 3.82. The summed E-state index contributed by atoms with van der Waals surface area (Å²) in [6.07, 6.45) is 16.1. The Kier molecular flexibility index (Phi) is 7.04. The lowest BCUT2D eigenvalue weighted by molar-refractivity contribution is 0.660. The number of fused-ring (bicyclic) bond motifs is 12. The first-order valence-electron chi connectivity index (χ1n) is 20.7. The number of benzene rings is 8. The molecule has 2 aromatic heterocycles. The lowest BCUT2D eigenvalue weighted by atomic mass is 9.74. The van der Waals surface area contributed by atoms with Crippen LogP contribution in [0, 0.1) is 11.8 Å².